The van der Waals surface area contributed by atoms with Crippen LogP contribution in [0.4, 0.5) is 26.4 Å². The average molecular weight is 556 g/mol. The molecular formula is C28H35F2N7O3. The van der Waals surface area contributed by atoms with E-state index in [2.05, 4.69) is 20.6 Å². The Labute approximate surface area is 231 Å². The summed E-state index contributed by atoms with van der Waals surface area (Å²) in [6.45, 7) is 2.42. The molecule has 40 heavy (non-hydrogen) atoms. The zero-order chi connectivity index (χ0) is 27.6. The fraction of sp³-hybridized carbons (Fsp3) is 0.571. The minimum Gasteiger partial charge on any atom is -0.393 e. The summed E-state index contributed by atoms with van der Waals surface area (Å²) >= 11 is 0. The van der Waals surface area contributed by atoms with Crippen molar-refractivity contribution in [3.05, 3.63) is 36.0 Å². The number of morpholine rings is 1. The molecule has 3 N–H and O–H groups in total. The molecule has 0 bridgehead atoms. The molecule has 1 saturated heterocycles. The number of nitrogens with one attached hydrogen (secondary N) is 2. The maximum atomic E-state index is 14.6. The Kier molecular flexibility index (Phi) is 7.79. The van der Waals surface area contributed by atoms with E-state index in [1.54, 1.807) is 6.20 Å². The third-order valence-corrected chi connectivity index (χ3v) is 8.37. The van der Waals surface area contributed by atoms with Gasteiger partial charge in [0.1, 0.15) is 17.2 Å². The van der Waals surface area contributed by atoms with Gasteiger partial charge in [-0.25, -0.2) is 18.7 Å². The molecule has 1 amide bonds. The molecular weight excluding hydrogens is 520 g/mol. The van der Waals surface area contributed by atoms with E-state index >= 15 is 0 Å². The van der Waals surface area contributed by atoms with Crippen LogP contribution in [0.25, 0.3) is 11.2 Å². The predicted octanol–water partition coefficient (Wildman–Crippen LogP) is 4.15. The quantitative estimate of drug-likeness (QED) is 0.415. The van der Waals surface area contributed by atoms with Crippen molar-refractivity contribution in [3.8, 4) is 0 Å². The Bertz CT molecular complexity index is 1350. The zero-order valence-electron chi connectivity index (χ0n) is 22.4. The van der Waals surface area contributed by atoms with E-state index in [-0.39, 0.29) is 35.7 Å². The number of imidazole rings is 1. The number of carbonyl (C=O) groups excluding carboxylic acids is 1. The lowest BCUT2D eigenvalue weighted by Gasteiger charge is -2.34. The molecule has 2 aliphatic carbocycles. The van der Waals surface area contributed by atoms with Crippen LogP contribution in [-0.2, 0) is 9.53 Å². The van der Waals surface area contributed by atoms with Crippen LogP contribution < -0.4 is 10.6 Å². The van der Waals surface area contributed by atoms with Crippen molar-refractivity contribution >= 4 is 34.7 Å². The highest BCUT2D eigenvalue weighted by molar-refractivity contribution is 5.79. The van der Waals surface area contributed by atoms with Crippen LogP contribution in [0.5, 0.6) is 0 Å². The number of benzene rings is 1. The van der Waals surface area contributed by atoms with Crippen LogP contribution in [-0.4, -0.2) is 73.9 Å². The number of aliphatic hydroxyl groups is 1. The van der Waals surface area contributed by atoms with Gasteiger partial charge in [0.25, 0.3) is 0 Å². The number of rotatable bonds is 6. The predicted molar refractivity (Wildman–Crippen MR) is 145 cm³/mol. The number of fused-ring (bicyclic) bond motifs is 1. The number of amides is 1. The summed E-state index contributed by atoms with van der Waals surface area (Å²) in [4.78, 5) is 29.0. The van der Waals surface area contributed by atoms with Crippen molar-refractivity contribution in [1.82, 2.24) is 24.4 Å². The van der Waals surface area contributed by atoms with Crippen molar-refractivity contribution in [2.24, 2.45) is 5.92 Å². The van der Waals surface area contributed by atoms with Gasteiger partial charge in [0.2, 0.25) is 17.8 Å². The first-order valence-corrected chi connectivity index (χ1v) is 14.2. The monoisotopic (exact) mass is 555 g/mol. The van der Waals surface area contributed by atoms with Gasteiger partial charge >= 0.3 is 0 Å². The molecule has 12 heteroatoms. The van der Waals surface area contributed by atoms with Crippen molar-refractivity contribution in [2.75, 3.05) is 36.9 Å². The highest BCUT2D eigenvalue weighted by atomic mass is 19.1. The van der Waals surface area contributed by atoms with Gasteiger partial charge in [-0.3, -0.25) is 9.36 Å². The molecule has 0 spiro atoms. The number of nitrogens with zero attached hydrogens (tertiary/aromatic N) is 5. The molecule has 3 aromatic rings. The largest absolute Gasteiger partial charge is 0.393 e. The molecule has 6 rings (SSSR count). The minimum absolute atomic E-state index is 0.0164. The Morgan fingerprint density at radius 2 is 1.75 bits per heavy atom. The number of hydrogen-bond acceptors (Lipinski definition) is 8. The first-order chi connectivity index (χ1) is 19.4. The Balaban J connectivity index is 1.27. The maximum Gasteiger partial charge on any atom is 0.225 e. The van der Waals surface area contributed by atoms with Gasteiger partial charge in [-0.15, -0.1) is 0 Å². The van der Waals surface area contributed by atoms with Crippen molar-refractivity contribution in [2.45, 2.75) is 69.6 Å². The summed E-state index contributed by atoms with van der Waals surface area (Å²) < 4.78 is 35.5. The molecule has 0 unspecified atom stereocenters. The summed E-state index contributed by atoms with van der Waals surface area (Å²) in [6, 6.07) is 3.54. The van der Waals surface area contributed by atoms with E-state index in [4.69, 9.17) is 9.72 Å². The van der Waals surface area contributed by atoms with Crippen molar-refractivity contribution in [1.29, 1.82) is 0 Å². The Hall–Kier alpha value is -3.38. The van der Waals surface area contributed by atoms with Crippen LogP contribution in [0, 0.1) is 17.6 Å². The molecule has 0 radical (unpaired) electrons. The third-order valence-electron chi connectivity index (χ3n) is 8.37. The molecule has 2 aromatic heterocycles. The van der Waals surface area contributed by atoms with Crippen molar-refractivity contribution < 1.29 is 23.4 Å². The van der Waals surface area contributed by atoms with Gasteiger partial charge < -0.3 is 25.4 Å². The molecule has 2 saturated carbocycles. The second-order valence-corrected chi connectivity index (χ2v) is 11.0. The highest BCUT2D eigenvalue weighted by Gasteiger charge is 2.33. The highest BCUT2D eigenvalue weighted by Crippen LogP contribution is 2.38. The molecule has 1 aliphatic heterocycles. The lowest BCUT2D eigenvalue weighted by atomic mass is 9.85. The Morgan fingerprint density at radius 3 is 2.48 bits per heavy atom. The average Bonchev–Trinajstić information content (AvgIpc) is 3.33. The van der Waals surface area contributed by atoms with Crippen molar-refractivity contribution in [3.63, 3.8) is 0 Å². The number of aliphatic hydroxyl groups excluding tert-OH is 1. The lowest BCUT2D eigenvalue weighted by molar-refractivity contribution is -0.140. The first-order valence-electron chi connectivity index (χ1n) is 14.2. The molecule has 3 aliphatic rings. The zero-order valence-corrected chi connectivity index (χ0v) is 22.4. The van der Waals surface area contributed by atoms with Gasteiger partial charge in [0, 0.05) is 37.2 Å². The summed E-state index contributed by atoms with van der Waals surface area (Å²) in [5.41, 5.74) is 1.28. The number of carbonyl (C=O) groups is 1. The fourth-order valence-electron chi connectivity index (χ4n) is 6.13. The van der Waals surface area contributed by atoms with E-state index in [9.17, 15) is 18.7 Å². The summed E-state index contributed by atoms with van der Waals surface area (Å²) in [7, 11) is 0. The van der Waals surface area contributed by atoms with E-state index in [0.717, 1.165) is 57.4 Å². The van der Waals surface area contributed by atoms with E-state index in [0.29, 0.717) is 49.4 Å². The van der Waals surface area contributed by atoms with Crippen LogP contribution in [0.2, 0.25) is 0 Å². The van der Waals surface area contributed by atoms with Gasteiger partial charge in [-0.1, -0.05) is 0 Å². The smallest absolute Gasteiger partial charge is 0.225 e. The van der Waals surface area contributed by atoms with Gasteiger partial charge in [0.15, 0.2) is 5.65 Å². The summed E-state index contributed by atoms with van der Waals surface area (Å²) in [5, 5.41) is 16.3. The van der Waals surface area contributed by atoms with E-state index in [1.165, 1.54) is 12.1 Å². The number of halogens is 2. The molecule has 10 nitrogen and oxygen atoms in total. The maximum absolute atomic E-state index is 14.6. The number of anilines is 3. The molecule has 1 aromatic carbocycles. The molecule has 3 heterocycles. The SMILES string of the molecule is O=C(C1CCC(n2c(Nc3ccc(F)cc3F)nc3cnc(NC4CCC(O)CC4)nc32)CC1)N1CCOCC1. The minimum atomic E-state index is -0.716. The second-order valence-electron chi connectivity index (χ2n) is 11.0. The summed E-state index contributed by atoms with van der Waals surface area (Å²) in [5.74, 6) is -0.344. The third kappa shape index (κ3) is 5.73. The lowest BCUT2D eigenvalue weighted by Crippen LogP contribution is -2.44. The van der Waals surface area contributed by atoms with E-state index < -0.39 is 11.6 Å². The first kappa shape index (κ1) is 26.8. The molecule has 214 valence electrons. The van der Waals surface area contributed by atoms with Crippen LogP contribution in [0.3, 0.4) is 0 Å². The summed E-state index contributed by atoms with van der Waals surface area (Å²) in [6.07, 6.45) is 7.46. The fourth-order valence-corrected chi connectivity index (χ4v) is 6.13. The van der Waals surface area contributed by atoms with Crippen LogP contribution in [0.1, 0.15) is 57.4 Å². The second kappa shape index (κ2) is 11.6. The Morgan fingerprint density at radius 1 is 1.00 bits per heavy atom. The number of hydrogen-bond donors (Lipinski definition) is 3. The number of ether oxygens (including phenoxy) is 1. The standard InChI is InChI=1S/C28H35F2N7O3/c29-18-3-10-23(22(30)15-18)33-28-34-24-16-31-27(32-19-4-8-21(38)9-5-19)35-25(24)37(28)20-6-1-17(2-7-20)26(39)36-11-13-40-14-12-36/h3,10,15-17,19-21,38H,1-2,4-9,11-14H2,(H,33,34)(H,31,32,35). The molecule has 0 atom stereocenters. The van der Waals surface area contributed by atoms with Gasteiger partial charge in [-0.2, -0.15) is 4.98 Å². The van der Waals surface area contributed by atoms with E-state index in [1.807, 2.05) is 9.47 Å². The van der Waals surface area contributed by atoms with Gasteiger partial charge in [0.05, 0.1) is 31.2 Å². The normalized spacial score (nSPS) is 25.6. The van der Waals surface area contributed by atoms with Crippen LogP contribution >= 0.6 is 0 Å². The van der Waals surface area contributed by atoms with Gasteiger partial charge in [-0.05, 0) is 63.5 Å². The van der Waals surface area contributed by atoms with Crippen LogP contribution in [0.15, 0.2) is 24.4 Å². The molecule has 3 fully saturated rings. The topological polar surface area (TPSA) is 117 Å². The number of aromatic nitrogens is 4.